The molecule has 0 spiro atoms. The molecule has 0 aliphatic rings. The molecule has 0 aliphatic heterocycles. The van der Waals surface area contributed by atoms with Gasteiger partial charge in [0.05, 0.1) is 32.4 Å². The second-order valence-corrected chi connectivity index (χ2v) is 13.5. The summed E-state index contributed by atoms with van der Waals surface area (Å²) in [5, 5.41) is 19.2. The van der Waals surface area contributed by atoms with Crippen LogP contribution in [0.2, 0.25) is 0 Å². The Kier molecular flexibility index (Phi) is 15.1. The van der Waals surface area contributed by atoms with Gasteiger partial charge in [0.15, 0.2) is 11.5 Å². The SMILES string of the molecule is COC(=O)[C@H](Cc1ccc(OC)c(OC(C)C)c1)NC(=O)[C@H](Cc1ccc(OC)cc1)NC(=O)[C@H](Cc1ccc(F)c([N+](=O)[O-])c1)NC(=O)OC(C)(C)C. The maximum atomic E-state index is 14.1. The summed E-state index contributed by atoms with van der Waals surface area (Å²) in [4.78, 5) is 64.5. The number of halogens is 1. The molecule has 0 heterocycles. The van der Waals surface area contributed by atoms with Gasteiger partial charge in [-0.1, -0.05) is 24.3 Å². The highest BCUT2D eigenvalue weighted by Crippen LogP contribution is 2.29. The van der Waals surface area contributed by atoms with Crippen molar-refractivity contribution >= 4 is 29.6 Å². The lowest BCUT2D eigenvalue weighted by molar-refractivity contribution is -0.387. The van der Waals surface area contributed by atoms with Crippen LogP contribution in [0.15, 0.2) is 60.7 Å². The molecule has 0 bridgehead atoms. The van der Waals surface area contributed by atoms with E-state index in [2.05, 4.69) is 16.0 Å². The van der Waals surface area contributed by atoms with Gasteiger partial charge >= 0.3 is 17.7 Å². The van der Waals surface area contributed by atoms with Gasteiger partial charge in [0.25, 0.3) is 0 Å². The minimum absolute atomic E-state index is 0.0216. The third-order valence-corrected chi connectivity index (χ3v) is 7.72. The average molecular weight is 755 g/mol. The lowest BCUT2D eigenvalue weighted by atomic mass is 10.0. The second kappa shape index (κ2) is 19.2. The van der Waals surface area contributed by atoms with Crippen molar-refractivity contribution in [1.29, 1.82) is 0 Å². The summed E-state index contributed by atoms with van der Waals surface area (Å²) in [6.45, 7) is 8.53. The standard InChI is InChI=1S/C38H47FN4O11/c1-22(2)53-33-21-25(12-16-32(33)51-7)19-30(36(46)52-8)41-34(44)28(17-23-9-13-26(50-6)14-10-23)40-35(45)29(42-37(47)54-38(3,4)5)18-24-11-15-27(39)31(20-24)43(48)49/h9-16,20-22,28-30H,17-19H2,1-8H3,(H,40,45)(H,41,44)(H,42,47)/t28-,29-,30-/m0/s1. The van der Waals surface area contributed by atoms with Gasteiger partial charge in [0.1, 0.15) is 29.5 Å². The molecule has 3 aromatic rings. The zero-order valence-electron chi connectivity index (χ0n) is 31.5. The fourth-order valence-corrected chi connectivity index (χ4v) is 5.24. The van der Waals surface area contributed by atoms with Crippen molar-refractivity contribution in [3.05, 3.63) is 93.3 Å². The highest BCUT2D eigenvalue weighted by atomic mass is 19.1. The van der Waals surface area contributed by atoms with Crippen molar-refractivity contribution in [2.24, 2.45) is 0 Å². The number of ether oxygens (including phenoxy) is 5. The Bertz CT molecular complexity index is 1790. The number of hydrogen-bond acceptors (Lipinski definition) is 11. The molecule has 15 nitrogen and oxygen atoms in total. The Hall–Kier alpha value is -5.93. The van der Waals surface area contributed by atoms with Crippen LogP contribution in [0.1, 0.15) is 51.3 Å². The van der Waals surface area contributed by atoms with E-state index in [0.717, 1.165) is 12.1 Å². The number of alkyl carbamates (subject to hydrolysis) is 1. The molecule has 3 rings (SSSR count). The molecule has 292 valence electrons. The van der Waals surface area contributed by atoms with Crippen LogP contribution in [-0.4, -0.2) is 80.0 Å². The van der Waals surface area contributed by atoms with Gasteiger partial charge in [-0.3, -0.25) is 19.7 Å². The number of methoxy groups -OCH3 is 3. The summed E-state index contributed by atoms with van der Waals surface area (Å²) >= 11 is 0. The van der Waals surface area contributed by atoms with E-state index in [0.29, 0.717) is 28.4 Å². The number of rotatable bonds is 17. The minimum Gasteiger partial charge on any atom is -0.497 e. The van der Waals surface area contributed by atoms with Crippen LogP contribution >= 0.6 is 0 Å². The molecule has 0 unspecified atom stereocenters. The molecule has 54 heavy (non-hydrogen) atoms. The molecule has 0 radical (unpaired) electrons. The van der Waals surface area contributed by atoms with Crippen molar-refractivity contribution in [2.45, 2.75) is 83.7 Å². The Balaban J connectivity index is 1.98. The van der Waals surface area contributed by atoms with E-state index in [1.165, 1.54) is 27.4 Å². The average Bonchev–Trinajstić information content (AvgIpc) is 3.10. The van der Waals surface area contributed by atoms with Crippen molar-refractivity contribution in [2.75, 3.05) is 21.3 Å². The number of esters is 1. The Morgan fingerprint density at radius 1 is 0.741 bits per heavy atom. The number of nitro benzene ring substituents is 1. The number of nitrogens with one attached hydrogen (secondary N) is 3. The normalized spacial score (nSPS) is 12.8. The van der Waals surface area contributed by atoms with E-state index in [1.807, 2.05) is 13.8 Å². The first kappa shape index (κ1) is 42.5. The number of nitrogens with zero attached hydrogens (tertiary/aromatic N) is 1. The molecule has 3 aromatic carbocycles. The highest BCUT2D eigenvalue weighted by molar-refractivity contribution is 5.93. The predicted molar refractivity (Wildman–Crippen MR) is 195 cm³/mol. The highest BCUT2D eigenvalue weighted by Gasteiger charge is 2.32. The Morgan fingerprint density at radius 2 is 1.28 bits per heavy atom. The molecule has 0 saturated carbocycles. The number of hydrogen-bond donors (Lipinski definition) is 3. The first-order chi connectivity index (χ1) is 25.4. The third kappa shape index (κ3) is 12.9. The van der Waals surface area contributed by atoms with Crippen LogP contribution in [-0.2, 0) is 43.1 Å². The minimum atomic E-state index is -1.45. The largest absolute Gasteiger partial charge is 0.497 e. The van der Waals surface area contributed by atoms with Crippen molar-refractivity contribution in [3.8, 4) is 17.2 Å². The second-order valence-electron chi connectivity index (χ2n) is 13.5. The van der Waals surface area contributed by atoms with Crippen LogP contribution in [0.25, 0.3) is 0 Å². The van der Waals surface area contributed by atoms with Crippen LogP contribution in [0.4, 0.5) is 14.9 Å². The predicted octanol–water partition coefficient (Wildman–Crippen LogP) is 4.60. The topological polar surface area (TPSA) is 194 Å². The van der Waals surface area contributed by atoms with E-state index in [1.54, 1.807) is 63.2 Å². The van der Waals surface area contributed by atoms with Gasteiger partial charge in [-0.25, -0.2) is 9.59 Å². The van der Waals surface area contributed by atoms with Gasteiger partial charge in [0.2, 0.25) is 17.6 Å². The van der Waals surface area contributed by atoms with E-state index in [9.17, 15) is 33.7 Å². The third-order valence-electron chi connectivity index (χ3n) is 7.72. The number of carbonyl (C=O) groups excluding carboxylic acids is 4. The first-order valence-electron chi connectivity index (χ1n) is 17.0. The fourth-order valence-electron chi connectivity index (χ4n) is 5.24. The molecule has 0 saturated heterocycles. The molecular weight excluding hydrogens is 707 g/mol. The van der Waals surface area contributed by atoms with Crippen LogP contribution in [0.3, 0.4) is 0 Å². The molecule has 16 heteroatoms. The van der Waals surface area contributed by atoms with Crippen LogP contribution < -0.4 is 30.2 Å². The van der Waals surface area contributed by atoms with Crippen LogP contribution in [0.5, 0.6) is 17.2 Å². The number of amides is 3. The van der Waals surface area contributed by atoms with E-state index in [4.69, 9.17) is 23.7 Å². The van der Waals surface area contributed by atoms with Crippen molar-refractivity contribution in [1.82, 2.24) is 16.0 Å². The van der Waals surface area contributed by atoms with E-state index >= 15 is 0 Å². The lowest BCUT2D eigenvalue weighted by Gasteiger charge is -2.26. The van der Waals surface area contributed by atoms with Gasteiger partial charge in [0, 0.05) is 25.3 Å². The summed E-state index contributed by atoms with van der Waals surface area (Å²) in [6.07, 6.45) is -1.61. The summed E-state index contributed by atoms with van der Waals surface area (Å²) in [5.41, 5.74) is -0.434. The molecule has 0 aliphatic carbocycles. The first-order valence-corrected chi connectivity index (χ1v) is 17.0. The van der Waals surface area contributed by atoms with Gasteiger partial charge in [-0.2, -0.15) is 4.39 Å². The molecule has 0 aromatic heterocycles. The fraction of sp³-hybridized carbons (Fsp3) is 0.421. The zero-order valence-corrected chi connectivity index (χ0v) is 31.5. The summed E-state index contributed by atoms with van der Waals surface area (Å²) in [6, 6.07) is 10.8. The molecule has 0 fully saturated rings. The van der Waals surface area contributed by atoms with Crippen molar-refractivity contribution < 1.29 is 52.2 Å². The van der Waals surface area contributed by atoms with Crippen molar-refractivity contribution in [3.63, 3.8) is 0 Å². The number of benzene rings is 3. The van der Waals surface area contributed by atoms with Crippen LogP contribution in [0, 0.1) is 15.9 Å². The molecular formula is C38H47FN4O11. The number of carbonyl (C=O) groups is 4. The van der Waals surface area contributed by atoms with E-state index < -0.39 is 64.0 Å². The number of nitro groups is 1. The zero-order chi connectivity index (χ0) is 40.2. The van der Waals surface area contributed by atoms with E-state index in [-0.39, 0.29) is 30.9 Å². The quantitative estimate of drug-likeness (QED) is 0.0991. The summed E-state index contributed by atoms with van der Waals surface area (Å²) in [5.74, 6) is -2.04. The summed E-state index contributed by atoms with van der Waals surface area (Å²) in [7, 11) is 4.16. The molecule has 3 N–H and O–H groups in total. The van der Waals surface area contributed by atoms with Gasteiger partial charge in [-0.15, -0.1) is 0 Å². The Labute approximate surface area is 313 Å². The lowest BCUT2D eigenvalue weighted by Crippen LogP contribution is -2.57. The Morgan fingerprint density at radius 3 is 1.83 bits per heavy atom. The van der Waals surface area contributed by atoms with Gasteiger partial charge < -0.3 is 39.6 Å². The summed E-state index contributed by atoms with van der Waals surface area (Å²) < 4.78 is 41.0. The molecule has 3 amide bonds. The smallest absolute Gasteiger partial charge is 0.408 e. The maximum absolute atomic E-state index is 14.1. The monoisotopic (exact) mass is 754 g/mol. The maximum Gasteiger partial charge on any atom is 0.408 e. The molecule has 3 atom stereocenters. The van der Waals surface area contributed by atoms with Gasteiger partial charge in [-0.05, 0) is 81.6 Å².